The highest BCUT2D eigenvalue weighted by Crippen LogP contribution is 2.29. The van der Waals surface area contributed by atoms with Crippen LogP contribution in [0.3, 0.4) is 0 Å². The number of carbonyl (C=O) groups is 1. The second-order valence-corrected chi connectivity index (χ2v) is 6.60. The van der Waals surface area contributed by atoms with Crippen LogP contribution in [0, 0.1) is 0 Å². The van der Waals surface area contributed by atoms with Gasteiger partial charge in [-0.15, -0.1) is 0 Å². The van der Waals surface area contributed by atoms with Crippen LogP contribution >= 0.6 is 0 Å². The molecule has 0 radical (unpaired) electrons. The van der Waals surface area contributed by atoms with Gasteiger partial charge in [-0.3, -0.25) is 4.79 Å². The van der Waals surface area contributed by atoms with Crippen molar-refractivity contribution in [1.82, 2.24) is 9.47 Å². The van der Waals surface area contributed by atoms with E-state index in [0.29, 0.717) is 19.5 Å². The highest BCUT2D eigenvalue weighted by Gasteiger charge is 2.21. The zero-order chi connectivity index (χ0) is 16.5. The standard InChI is InChI=1S/C20H22N2O2/c23-15(13-21-12-6-5-11-20(21)24)14-22-18-9-3-1-7-16(18)17-8-2-4-10-19(17)22/h1-4,7-10,15,23H,5-6,11-14H2. The number of hydrogen-bond donors (Lipinski definition) is 1. The summed E-state index contributed by atoms with van der Waals surface area (Å²) in [6.45, 7) is 1.68. The smallest absolute Gasteiger partial charge is 0.222 e. The van der Waals surface area contributed by atoms with E-state index in [-0.39, 0.29) is 5.91 Å². The lowest BCUT2D eigenvalue weighted by Crippen LogP contribution is -2.41. The predicted octanol–water partition coefficient (Wildman–Crippen LogP) is 3.17. The molecule has 1 aliphatic rings. The number of piperidine rings is 1. The molecular formula is C20H22N2O2. The number of aliphatic hydroxyl groups is 1. The summed E-state index contributed by atoms with van der Waals surface area (Å²) in [7, 11) is 0. The van der Waals surface area contributed by atoms with Crippen LogP contribution in [0.25, 0.3) is 21.8 Å². The first kappa shape index (κ1) is 15.2. The summed E-state index contributed by atoms with van der Waals surface area (Å²) < 4.78 is 2.17. The lowest BCUT2D eigenvalue weighted by atomic mass is 10.1. The number of para-hydroxylation sites is 2. The zero-order valence-corrected chi connectivity index (χ0v) is 13.7. The molecule has 1 N–H and O–H groups in total. The molecule has 1 aromatic heterocycles. The molecular weight excluding hydrogens is 300 g/mol. The summed E-state index contributed by atoms with van der Waals surface area (Å²) in [4.78, 5) is 13.8. The third kappa shape index (κ3) is 2.67. The van der Waals surface area contributed by atoms with Gasteiger partial charge in [0.25, 0.3) is 0 Å². The molecule has 1 aliphatic heterocycles. The van der Waals surface area contributed by atoms with Crippen molar-refractivity contribution in [2.45, 2.75) is 31.9 Å². The first-order valence-corrected chi connectivity index (χ1v) is 8.66. The molecule has 0 aliphatic carbocycles. The third-order valence-electron chi connectivity index (χ3n) is 4.93. The zero-order valence-electron chi connectivity index (χ0n) is 13.7. The molecule has 4 nitrogen and oxygen atoms in total. The van der Waals surface area contributed by atoms with Gasteiger partial charge < -0.3 is 14.6 Å². The largest absolute Gasteiger partial charge is 0.389 e. The maximum atomic E-state index is 12.0. The first-order chi connectivity index (χ1) is 11.7. The molecule has 1 saturated heterocycles. The Balaban J connectivity index is 1.64. The number of carbonyl (C=O) groups excluding carboxylic acids is 1. The number of likely N-dealkylation sites (tertiary alicyclic amines) is 1. The predicted molar refractivity (Wildman–Crippen MR) is 95.9 cm³/mol. The van der Waals surface area contributed by atoms with Crippen molar-refractivity contribution in [1.29, 1.82) is 0 Å². The fourth-order valence-corrected chi connectivity index (χ4v) is 3.78. The quantitative estimate of drug-likeness (QED) is 0.802. The molecule has 1 fully saturated rings. The van der Waals surface area contributed by atoms with E-state index in [1.165, 1.54) is 10.8 Å². The van der Waals surface area contributed by atoms with Gasteiger partial charge in [0.15, 0.2) is 0 Å². The average Bonchev–Trinajstić information content (AvgIpc) is 2.92. The Kier molecular flexibility index (Phi) is 3.98. The summed E-state index contributed by atoms with van der Waals surface area (Å²) in [6.07, 6.45) is 2.06. The average molecular weight is 322 g/mol. The Morgan fingerprint density at radius 1 is 0.917 bits per heavy atom. The van der Waals surface area contributed by atoms with E-state index < -0.39 is 6.10 Å². The summed E-state index contributed by atoms with van der Waals surface area (Å²) in [5, 5.41) is 13.0. The van der Waals surface area contributed by atoms with Gasteiger partial charge in [0.05, 0.1) is 12.6 Å². The van der Waals surface area contributed by atoms with Crippen LogP contribution in [0.5, 0.6) is 0 Å². The molecule has 0 spiro atoms. The van der Waals surface area contributed by atoms with Crippen LogP contribution in [0.15, 0.2) is 48.5 Å². The molecule has 24 heavy (non-hydrogen) atoms. The van der Waals surface area contributed by atoms with E-state index in [1.807, 2.05) is 29.2 Å². The number of fused-ring (bicyclic) bond motifs is 3. The lowest BCUT2D eigenvalue weighted by molar-refractivity contribution is -0.134. The highest BCUT2D eigenvalue weighted by atomic mass is 16.3. The molecule has 124 valence electrons. The van der Waals surface area contributed by atoms with Gasteiger partial charge in [-0.2, -0.15) is 0 Å². The minimum atomic E-state index is -0.564. The van der Waals surface area contributed by atoms with Crippen LogP contribution < -0.4 is 0 Å². The van der Waals surface area contributed by atoms with Crippen molar-refractivity contribution in [2.24, 2.45) is 0 Å². The Hall–Kier alpha value is -2.33. The van der Waals surface area contributed by atoms with Crippen LogP contribution in [-0.2, 0) is 11.3 Å². The van der Waals surface area contributed by atoms with E-state index in [4.69, 9.17) is 0 Å². The Bertz CT molecular complexity index is 830. The maximum absolute atomic E-state index is 12.0. The van der Waals surface area contributed by atoms with Crippen LogP contribution in [0.1, 0.15) is 19.3 Å². The summed E-state index contributed by atoms with van der Waals surface area (Å²) in [6, 6.07) is 16.6. The second kappa shape index (κ2) is 6.29. The highest BCUT2D eigenvalue weighted by molar-refractivity contribution is 6.07. The van der Waals surface area contributed by atoms with Crippen molar-refractivity contribution < 1.29 is 9.90 Å². The Labute approximate surface area is 141 Å². The van der Waals surface area contributed by atoms with Gasteiger partial charge in [0.1, 0.15) is 0 Å². The summed E-state index contributed by atoms with van der Waals surface area (Å²) in [5.74, 6) is 0.169. The first-order valence-electron chi connectivity index (χ1n) is 8.66. The van der Waals surface area contributed by atoms with E-state index in [9.17, 15) is 9.90 Å². The SMILES string of the molecule is O=C1CCCCN1CC(O)Cn1c2ccccc2c2ccccc21. The van der Waals surface area contributed by atoms with Crippen LogP contribution in [-0.4, -0.2) is 39.7 Å². The van der Waals surface area contributed by atoms with Crippen molar-refractivity contribution in [3.05, 3.63) is 48.5 Å². The topological polar surface area (TPSA) is 45.5 Å². The number of nitrogens with zero attached hydrogens (tertiary/aromatic N) is 2. The van der Waals surface area contributed by atoms with E-state index in [0.717, 1.165) is 30.4 Å². The minimum absolute atomic E-state index is 0.169. The molecule has 2 aromatic carbocycles. The Morgan fingerprint density at radius 3 is 2.17 bits per heavy atom. The van der Waals surface area contributed by atoms with E-state index in [1.54, 1.807) is 0 Å². The van der Waals surface area contributed by atoms with Gasteiger partial charge in [-0.25, -0.2) is 0 Å². The minimum Gasteiger partial charge on any atom is -0.389 e. The monoisotopic (exact) mass is 322 g/mol. The van der Waals surface area contributed by atoms with Gasteiger partial charge in [-0.05, 0) is 25.0 Å². The number of amides is 1. The van der Waals surface area contributed by atoms with Gasteiger partial charge >= 0.3 is 0 Å². The van der Waals surface area contributed by atoms with Crippen molar-refractivity contribution in [2.75, 3.05) is 13.1 Å². The molecule has 4 rings (SSSR count). The molecule has 4 heteroatoms. The molecule has 1 amide bonds. The maximum Gasteiger partial charge on any atom is 0.222 e. The van der Waals surface area contributed by atoms with Crippen LogP contribution in [0.2, 0.25) is 0 Å². The summed E-state index contributed by atoms with van der Waals surface area (Å²) >= 11 is 0. The van der Waals surface area contributed by atoms with Gasteiger partial charge in [-0.1, -0.05) is 36.4 Å². The third-order valence-corrected chi connectivity index (χ3v) is 4.93. The number of benzene rings is 2. The number of rotatable bonds is 4. The van der Waals surface area contributed by atoms with Crippen LogP contribution in [0.4, 0.5) is 0 Å². The molecule has 2 heterocycles. The van der Waals surface area contributed by atoms with Crippen molar-refractivity contribution in [3.8, 4) is 0 Å². The van der Waals surface area contributed by atoms with E-state index in [2.05, 4.69) is 28.8 Å². The normalized spacial score (nSPS) is 16.9. The fraction of sp³-hybridized carbons (Fsp3) is 0.350. The van der Waals surface area contributed by atoms with Crippen molar-refractivity contribution in [3.63, 3.8) is 0 Å². The molecule has 0 bridgehead atoms. The molecule has 1 unspecified atom stereocenters. The van der Waals surface area contributed by atoms with Crippen molar-refractivity contribution >= 4 is 27.7 Å². The fourth-order valence-electron chi connectivity index (χ4n) is 3.78. The summed E-state index contributed by atoms with van der Waals surface area (Å²) in [5.41, 5.74) is 2.26. The Morgan fingerprint density at radius 2 is 1.54 bits per heavy atom. The van der Waals surface area contributed by atoms with E-state index >= 15 is 0 Å². The molecule has 1 atom stereocenters. The molecule has 3 aromatic rings. The number of aliphatic hydroxyl groups excluding tert-OH is 1. The number of β-amino-alcohol motifs (C(OH)–C–C–N with tert-alkyl or cyclic N) is 1. The molecule has 0 saturated carbocycles. The number of aromatic nitrogens is 1. The second-order valence-electron chi connectivity index (χ2n) is 6.60. The lowest BCUT2D eigenvalue weighted by Gasteiger charge is -2.29. The van der Waals surface area contributed by atoms with Gasteiger partial charge in [0, 0.05) is 41.3 Å². The van der Waals surface area contributed by atoms with Gasteiger partial charge in [0.2, 0.25) is 5.91 Å². The number of hydrogen-bond acceptors (Lipinski definition) is 2.